The van der Waals surface area contributed by atoms with Gasteiger partial charge in [-0.25, -0.2) is 8.42 Å². The van der Waals surface area contributed by atoms with Gasteiger partial charge in [0.05, 0.1) is 24.7 Å². The zero-order valence-electron chi connectivity index (χ0n) is 19.1. The van der Waals surface area contributed by atoms with E-state index in [4.69, 9.17) is 9.47 Å². The van der Waals surface area contributed by atoms with Gasteiger partial charge in [0.15, 0.2) is 0 Å². The van der Waals surface area contributed by atoms with Crippen molar-refractivity contribution in [2.24, 2.45) is 0 Å². The van der Waals surface area contributed by atoms with Crippen molar-refractivity contribution in [3.05, 3.63) is 48.0 Å². The Morgan fingerprint density at radius 2 is 1.56 bits per heavy atom. The minimum absolute atomic E-state index is 0.0993. The number of hydrogen-bond acceptors (Lipinski definition) is 6. The second kappa shape index (κ2) is 10.2. The number of ether oxygens (including phenoxy) is 2. The van der Waals surface area contributed by atoms with Crippen molar-refractivity contribution in [1.29, 1.82) is 0 Å². The van der Waals surface area contributed by atoms with E-state index in [0.29, 0.717) is 45.0 Å². The van der Waals surface area contributed by atoms with Gasteiger partial charge < -0.3 is 19.3 Å². The summed E-state index contributed by atoms with van der Waals surface area (Å²) in [6.07, 6.45) is 0. The van der Waals surface area contributed by atoms with Crippen molar-refractivity contribution in [2.45, 2.75) is 18.7 Å². The van der Waals surface area contributed by atoms with Crippen molar-refractivity contribution in [2.75, 3.05) is 58.4 Å². The van der Waals surface area contributed by atoms with Gasteiger partial charge in [-0.15, -0.1) is 0 Å². The molecule has 8 nitrogen and oxygen atoms in total. The fourth-order valence-corrected chi connectivity index (χ4v) is 5.34. The molecule has 0 N–H and O–H groups in total. The lowest BCUT2D eigenvalue weighted by Crippen LogP contribution is -2.48. The van der Waals surface area contributed by atoms with Crippen LogP contribution in [0.25, 0.3) is 0 Å². The first kappa shape index (κ1) is 23.9. The molecule has 1 aliphatic rings. The maximum Gasteiger partial charge on any atom is 0.257 e. The van der Waals surface area contributed by atoms with Crippen LogP contribution in [0.5, 0.6) is 11.5 Å². The Labute approximate surface area is 190 Å². The summed E-state index contributed by atoms with van der Waals surface area (Å²) in [7, 11) is -0.562. The summed E-state index contributed by atoms with van der Waals surface area (Å²) in [5, 5.41) is 0. The van der Waals surface area contributed by atoms with E-state index in [2.05, 4.69) is 4.90 Å². The van der Waals surface area contributed by atoms with Crippen LogP contribution < -0.4 is 14.4 Å². The van der Waals surface area contributed by atoms with E-state index in [0.717, 1.165) is 11.4 Å². The Bertz CT molecular complexity index is 1030. The van der Waals surface area contributed by atoms with Gasteiger partial charge in [0, 0.05) is 45.0 Å². The monoisotopic (exact) mass is 461 g/mol. The minimum atomic E-state index is -3.67. The van der Waals surface area contributed by atoms with E-state index in [1.165, 1.54) is 23.5 Å². The van der Waals surface area contributed by atoms with Gasteiger partial charge in [-0.3, -0.25) is 4.79 Å². The van der Waals surface area contributed by atoms with Crippen LogP contribution in [0.1, 0.15) is 24.2 Å². The average molecular weight is 462 g/mol. The van der Waals surface area contributed by atoms with Crippen LogP contribution in [0, 0.1) is 0 Å². The largest absolute Gasteiger partial charge is 0.497 e. The molecule has 0 unspecified atom stereocenters. The molecule has 0 atom stereocenters. The number of hydrogen-bond donors (Lipinski definition) is 0. The fraction of sp³-hybridized carbons (Fsp3) is 0.435. The lowest BCUT2D eigenvalue weighted by molar-refractivity contribution is 0.0743. The van der Waals surface area contributed by atoms with Crippen LogP contribution in [0.15, 0.2) is 47.4 Å². The number of nitrogens with zero attached hydrogens (tertiary/aromatic N) is 3. The number of amides is 1. The van der Waals surface area contributed by atoms with Crippen LogP contribution in [0.4, 0.5) is 5.69 Å². The van der Waals surface area contributed by atoms with Crippen molar-refractivity contribution < 1.29 is 22.7 Å². The van der Waals surface area contributed by atoms with Gasteiger partial charge in [-0.05, 0) is 42.5 Å². The average Bonchev–Trinajstić information content (AvgIpc) is 2.84. The maximum absolute atomic E-state index is 13.3. The van der Waals surface area contributed by atoms with E-state index >= 15 is 0 Å². The zero-order chi connectivity index (χ0) is 23.3. The van der Waals surface area contributed by atoms with E-state index in [9.17, 15) is 13.2 Å². The number of carbonyl (C=O) groups excluding carboxylic acids is 1. The summed E-state index contributed by atoms with van der Waals surface area (Å²) in [6.45, 7) is 6.72. The highest BCUT2D eigenvalue weighted by atomic mass is 32.2. The Kier molecular flexibility index (Phi) is 7.63. The molecule has 2 aromatic carbocycles. The molecule has 0 aliphatic carbocycles. The molecular weight excluding hydrogens is 430 g/mol. The quantitative estimate of drug-likeness (QED) is 0.602. The second-order valence-corrected chi connectivity index (χ2v) is 9.37. The third kappa shape index (κ3) is 4.83. The lowest BCUT2D eigenvalue weighted by Gasteiger charge is -2.36. The van der Waals surface area contributed by atoms with Crippen LogP contribution in [-0.4, -0.2) is 77.0 Å². The summed E-state index contributed by atoms with van der Waals surface area (Å²) in [6, 6.07) is 12.3. The third-order valence-electron chi connectivity index (χ3n) is 5.75. The number of benzene rings is 2. The molecule has 1 saturated heterocycles. The topological polar surface area (TPSA) is 79.4 Å². The smallest absolute Gasteiger partial charge is 0.257 e. The maximum atomic E-state index is 13.3. The van der Waals surface area contributed by atoms with E-state index in [1.807, 2.05) is 24.3 Å². The van der Waals surface area contributed by atoms with Gasteiger partial charge in [-0.1, -0.05) is 13.8 Å². The summed E-state index contributed by atoms with van der Waals surface area (Å²) < 4.78 is 37.8. The molecule has 0 radical (unpaired) electrons. The van der Waals surface area contributed by atoms with Crippen LogP contribution in [0.2, 0.25) is 0 Å². The normalized spacial score (nSPS) is 14.5. The molecule has 0 bridgehead atoms. The van der Waals surface area contributed by atoms with Gasteiger partial charge in [0.2, 0.25) is 10.0 Å². The van der Waals surface area contributed by atoms with Crippen LogP contribution >= 0.6 is 0 Å². The molecule has 1 amide bonds. The van der Waals surface area contributed by atoms with Crippen molar-refractivity contribution in [3.8, 4) is 11.5 Å². The number of sulfonamides is 1. The summed E-state index contributed by atoms with van der Waals surface area (Å²) in [5.41, 5.74) is 1.33. The summed E-state index contributed by atoms with van der Waals surface area (Å²) >= 11 is 0. The first-order chi connectivity index (χ1) is 15.3. The van der Waals surface area contributed by atoms with Crippen molar-refractivity contribution in [1.82, 2.24) is 9.21 Å². The molecule has 174 valence electrons. The van der Waals surface area contributed by atoms with Gasteiger partial charge in [-0.2, -0.15) is 4.31 Å². The zero-order valence-corrected chi connectivity index (χ0v) is 19.9. The fourth-order valence-electron chi connectivity index (χ4n) is 3.86. The van der Waals surface area contributed by atoms with Gasteiger partial charge >= 0.3 is 0 Å². The Morgan fingerprint density at radius 1 is 0.938 bits per heavy atom. The molecule has 1 aliphatic heterocycles. The van der Waals surface area contributed by atoms with E-state index in [1.54, 1.807) is 31.9 Å². The standard InChI is InChI=1S/C23H31N3O5S/c1-5-26(6-2)32(28,29)20-11-12-22(31-4)21(17-20)23(27)25-15-13-24(14-16-25)18-7-9-19(30-3)10-8-18/h7-12,17H,5-6,13-16H2,1-4H3. The first-order valence-corrected chi connectivity index (χ1v) is 12.2. The molecule has 9 heteroatoms. The Balaban J connectivity index is 1.78. The summed E-state index contributed by atoms with van der Waals surface area (Å²) in [5.74, 6) is 0.938. The highest BCUT2D eigenvalue weighted by Crippen LogP contribution is 2.27. The SMILES string of the molecule is CCN(CC)S(=O)(=O)c1ccc(OC)c(C(=O)N2CCN(c3ccc(OC)cc3)CC2)c1. The Morgan fingerprint density at radius 3 is 2.09 bits per heavy atom. The van der Waals surface area contributed by atoms with E-state index in [-0.39, 0.29) is 16.4 Å². The molecule has 2 aromatic rings. The molecule has 3 rings (SSSR count). The predicted octanol–water partition coefficient (Wildman–Crippen LogP) is 2.70. The Hall–Kier alpha value is -2.78. The number of piperazine rings is 1. The predicted molar refractivity (Wildman–Crippen MR) is 124 cm³/mol. The highest BCUT2D eigenvalue weighted by molar-refractivity contribution is 7.89. The number of methoxy groups -OCH3 is 2. The second-order valence-electron chi connectivity index (χ2n) is 7.43. The van der Waals surface area contributed by atoms with E-state index < -0.39 is 10.0 Å². The molecule has 0 spiro atoms. The highest BCUT2D eigenvalue weighted by Gasteiger charge is 2.28. The number of carbonyl (C=O) groups is 1. The third-order valence-corrected chi connectivity index (χ3v) is 7.79. The molecule has 1 heterocycles. The van der Waals surface area contributed by atoms with Gasteiger partial charge in [0.1, 0.15) is 11.5 Å². The lowest BCUT2D eigenvalue weighted by atomic mass is 10.1. The molecule has 0 saturated carbocycles. The first-order valence-electron chi connectivity index (χ1n) is 10.7. The van der Waals surface area contributed by atoms with Crippen LogP contribution in [0.3, 0.4) is 0 Å². The molecule has 0 aromatic heterocycles. The molecular formula is C23H31N3O5S. The molecule has 32 heavy (non-hydrogen) atoms. The number of anilines is 1. The van der Waals surface area contributed by atoms with Crippen molar-refractivity contribution in [3.63, 3.8) is 0 Å². The van der Waals surface area contributed by atoms with Gasteiger partial charge in [0.25, 0.3) is 5.91 Å². The summed E-state index contributed by atoms with van der Waals surface area (Å²) in [4.78, 5) is 17.3. The minimum Gasteiger partial charge on any atom is -0.497 e. The molecule has 1 fully saturated rings. The number of rotatable bonds is 8. The van der Waals surface area contributed by atoms with Crippen molar-refractivity contribution >= 4 is 21.6 Å². The van der Waals surface area contributed by atoms with Crippen LogP contribution in [-0.2, 0) is 10.0 Å².